The van der Waals surface area contributed by atoms with Crippen LogP contribution >= 0.6 is 11.6 Å². The number of nitrogens with one attached hydrogen (secondary N) is 1. The molecule has 2 atom stereocenters. The Bertz CT molecular complexity index is 606. The van der Waals surface area contributed by atoms with E-state index in [0.717, 1.165) is 5.56 Å². The monoisotopic (exact) mass is 307 g/mol. The molecule has 0 saturated carbocycles. The van der Waals surface area contributed by atoms with Crippen molar-refractivity contribution in [3.8, 4) is 0 Å². The van der Waals surface area contributed by atoms with E-state index in [1.807, 2.05) is 19.1 Å². The number of hydrogen-bond acceptors (Lipinski definition) is 3. The fraction of sp³-hybridized carbons (Fsp3) is 0.312. The standard InChI is InChI=1S/C16H18ClNO3/c1-10(18-16(19)14-8-9-21-11(14)2)15(20-3)12-4-6-13(17)7-5-12/h4-10,15H,1-3H3,(H,18,19)/t10-,15+/m0/s1. The Labute approximate surface area is 129 Å². The van der Waals surface area contributed by atoms with E-state index in [1.54, 1.807) is 32.2 Å². The van der Waals surface area contributed by atoms with Crippen LogP contribution in [0.25, 0.3) is 0 Å². The van der Waals surface area contributed by atoms with E-state index in [0.29, 0.717) is 16.3 Å². The summed E-state index contributed by atoms with van der Waals surface area (Å²) < 4.78 is 10.7. The molecule has 0 aliphatic carbocycles. The number of carbonyl (C=O) groups is 1. The normalized spacial score (nSPS) is 13.7. The minimum Gasteiger partial charge on any atom is -0.469 e. The van der Waals surface area contributed by atoms with Crippen LogP contribution in [0.4, 0.5) is 0 Å². The van der Waals surface area contributed by atoms with Crippen molar-refractivity contribution >= 4 is 17.5 Å². The second kappa shape index (κ2) is 6.78. The first-order chi connectivity index (χ1) is 10.0. The zero-order valence-corrected chi connectivity index (χ0v) is 13.0. The number of hydrogen-bond donors (Lipinski definition) is 1. The number of aryl methyl sites for hydroxylation is 1. The van der Waals surface area contributed by atoms with Crippen LogP contribution < -0.4 is 5.32 Å². The molecule has 1 aromatic heterocycles. The van der Waals surface area contributed by atoms with Gasteiger partial charge < -0.3 is 14.5 Å². The predicted molar refractivity (Wildman–Crippen MR) is 81.6 cm³/mol. The molecule has 5 heteroatoms. The number of amides is 1. The second-order valence-corrected chi connectivity index (χ2v) is 5.30. The molecule has 21 heavy (non-hydrogen) atoms. The zero-order valence-electron chi connectivity index (χ0n) is 12.2. The van der Waals surface area contributed by atoms with Crippen LogP contribution in [0.15, 0.2) is 41.0 Å². The summed E-state index contributed by atoms with van der Waals surface area (Å²) >= 11 is 5.89. The van der Waals surface area contributed by atoms with E-state index in [4.69, 9.17) is 20.8 Å². The largest absolute Gasteiger partial charge is 0.469 e. The first-order valence-corrected chi connectivity index (χ1v) is 7.04. The second-order valence-electron chi connectivity index (χ2n) is 4.86. The molecule has 0 spiro atoms. The molecule has 0 aliphatic rings. The van der Waals surface area contributed by atoms with Crippen LogP contribution in [0.1, 0.15) is 34.7 Å². The molecule has 0 fully saturated rings. The maximum absolute atomic E-state index is 12.2. The highest BCUT2D eigenvalue weighted by atomic mass is 35.5. The Morgan fingerprint density at radius 1 is 1.29 bits per heavy atom. The number of carbonyl (C=O) groups excluding carboxylic acids is 1. The smallest absolute Gasteiger partial charge is 0.255 e. The summed E-state index contributed by atoms with van der Waals surface area (Å²) in [6.07, 6.45) is 1.25. The van der Waals surface area contributed by atoms with Crippen molar-refractivity contribution in [2.45, 2.75) is 26.0 Å². The molecule has 1 aromatic carbocycles. The van der Waals surface area contributed by atoms with Gasteiger partial charge in [0.25, 0.3) is 5.91 Å². The van der Waals surface area contributed by atoms with Gasteiger partial charge in [0.05, 0.1) is 17.9 Å². The van der Waals surface area contributed by atoms with Gasteiger partial charge in [-0.25, -0.2) is 0 Å². The van der Waals surface area contributed by atoms with E-state index >= 15 is 0 Å². The minimum atomic E-state index is -0.251. The van der Waals surface area contributed by atoms with E-state index in [1.165, 1.54) is 6.26 Å². The maximum atomic E-state index is 12.2. The third-order valence-corrected chi connectivity index (χ3v) is 3.62. The molecule has 112 valence electrons. The van der Waals surface area contributed by atoms with Gasteiger partial charge in [-0.3, -0.25) is 4.79 Å². The molecular weight excluding hydrogens is 290 g/mol. The Morgan fingerprint density at radius 2 is 1.95 bits per heavy atom. The average molecular weight is 308 g/mol. The summed E-state index contributed by atoms with van der Waals surface area (Å²) in [4.78, 5) is 12.2. The van der Waals surface area contributed by atoms with Crippen molar-refractivity contribution in [3.63, 3.8) is 0 Å². The average Bonchev–Trinajstić information content (AvgIpc) is 2.88. The first-order valence-electron chi connectivity index (χ1n) is 6.66. The number of furan rings is 1. The van der Waals surface area contributed by atoms with Gasteiger partial charge in [-0.2, -0.15) is 0 Å². The van der Waals surface area contributed by atoms with Crippen molar-refractivity contribution in [1.29, 1.82) is 0 Å². The van der Waals surface area contributed by atoms with Crippen molar-refractivity contribution in [1.82, 2.24) is 5.32 Å². The summed E-state index contributed by atoms with van der Waals surface area (Å²) in [6.45, 7) is 3.66. The number of rotatable bonds is 5. The SMILES string of the molecule is CO[C@@H](c1ccc(Cl)cc1)[C@H](C)NC(=O)c1ccoc1C. The highest BCUT2D eigenvalue weighted by molar-refractivity contribution is 6.30. The van der Waals surface area contributed by atoms with E-state index in [2.05, 4.69) is 5.32 Å². The van der Waals surface area contributed by atoms with Crippen molar-refractivity contribution < 1.29 is 13.9 Å². The molecule has 2 aromatic rings. The Balaban J connectivity index is 2.10. The van der Waals surface area contributed by atoms with Crippen LogP contribution in [0, 0.1) is 6.92 Å². The third kappa shape index (κ3) is 3.65. The predicted octanol–water partition coefficient (Wildman–Crippen LogP) is 3.75. The van der Waals surface area contributed by atoms with Crippen molar-refractivity contribution in [2.75, 3.05) is 7.11 Å². The lowest BCUT2D eigenvalue weighted by molar-refractivity contribution is 0.0644. The maximum Gasteiger partial charge on any atom is 0.255 e. The molecule has 0 radical (unpaired) electrons. The highest BCUT2D eigenvalue weighted by Crippen LogP contribution is 2.23. The number of benzene rings is 1. The van der Waals surface area contributed by atoms with Crippen LogP contribution in [0.3, 0.4) is 0 Å². The summed E-state index contributed by atoms with van der Waals surface area (Å²) in [5, 5.41) is 3.60. The molecular formula is C16H18ClNO3. The van der Waals surface area contributed by atoms with Gasteiger partial charge >= 0.3 is 0 Å². The first kappa shape index (κ1) is 15.6. The number of methoxy groups -OCH3 is 1. The summed E-state index contributed by atoms with van der Waals surface area (Å²) in [7, 11) is 1.62. The third-order valence-electron chi connectivity index (χ3n) is 3.37. The Hall–Kier alpha value is -1.78. The lowest BCUT2D eigenvalue weighted by Crippen LogP contribution is -2.37. The van der Waals surface area contributed by atoms with Crippen molar-refractivity contribution in [2.24, 2.45) is 0 Å². The van der Waals surface area contributed by atoms with Gasteiger partial charge in [0.1, 0.15) is 11.9 Å². The van der Waals surface area contributed by atoms with Gasteiger partial charge in [0.2, 0.25) is 0 Å². The molecule has 1 amide bonds. The van der Waals surface area contributed by atoms with E-state index in [-0.39, 0.29) is 18.1 Å². The molecule has 4 nitrogen and oxygen atoms in total. The van der Waals surface area contributed by atoms with Crippen LogP contribution in [-0.2, 0) is 4.74 Å². The van der Waals surface area contributed by atoms with Crippen LogP contribution in [0.2, 0.25) is 5.02 Å². The van der Waals surface area contributed by atoms with Crippen LogP contribution in [-0.4, -0.2) is 19.1 Å². The zero-order chi connectivity index (χ0) is 15.4. The fourth-order valence-corrected chi connectivity index (χ4v) is 2.39. The van der Waals surface area contributed by atoms with E-state index < -0.39 is 0 Å². The molecule has 0 aliphatic heterocycles. The fourth-order valence-electron chi connectivity index (χ4n) is 2.26. The highest BCUT2D eigenvalue weighted by Gasteiger charge is 2.22. The molecule has 0 saturated heterocycles. The Morgan fingerprint density at radius 3 is 2.48 bits per heavy atom. The Kier molecular flexibility index (Phi) is 5.04. The topological polar surface area (TPSA) is 51.5 Å². The van der Waals surface area contributed by atoms with Gasteiger partial charge in [0, 0.05) is 12.1 Å². The number of ether oxygens (including phenoxy) is 1. The van der Waals surface area contributed by atoms with Crippen molar-refractivity contribution in [3.05, 3.63) is 58.5 Å². The van der Waals surface area contributed by atoms with Gasteiger partial charge in [0.15, 0.2) is 0 Å². The molecule has 1 N–H and O–H groups in total. The van der Waals surface area contributed by atoms with Gasteiger partial charge in [-0.05, 0) is 37.6 Å². The summed E-state index contributed by atoms with van der Waals surface area (Å²) in [6, 6.07) is 8.85. The molecule has 2 rings (SSSR count). The van der Waals surface area contributed by atoms with E-state index in [9.17, 15) is 4.79 Å². The van der Waals surface area contributed by atoms with Crippen LogP contribution in [0.5, 0.6) is 0 Å². The lowest BCUT2D eigenvalue weighted by atomic mass is 10.0. The van der Waals surface area contributed by atoms with Gasteiger partial charge in [-0.15, -0.1) is 0 Å². The molecule has 0 bridgehead atoms. The lowest BCUT2D eigenvalue weighted by Gasteiger charge is -2.24. The van der Waals surface area contributed by atoms with Gasteiger partial charge in [-0.1, -0.05) is 23.7 Å². The molecule has 0 unspecified atom stereocenters. The quantitative estimate of drug-likeness (QED) is 0.915. The number of halogens is 1. The summed E-state index contributed by atoms with van der Waals surface area (Å²) in [5.74, 6) is 0.421. The molecule has 1 heterocycles. The summed E-state index contributed by atoms with van der Waals surface area (Å²) in [5.41, 5.74) is 1.49. The minimum absolute atomic E-state index is 0.176.